The summed E-state index contributed by atoms with van der Waals surface area (Å²) in [5.74, 6) is -1.50. The van der Waals surface area contributed by atoms with Gasteiger partial charge in [-0.3, -0.25) is 0 Å². The van der Waals surface area contributed by atoms with E-state index in [4.69, 9.17) is 0 Å². The Morgan fingerprint density at radius 3 is 2.64 bits per heavy atom. The third-order valence-electron chi connectivity index (χ3n) is 4.61. The molecule has 1 aliphatic carbocycles. The van der Waals surface area contributed by atoms with E-state index < -0.39 is 5.97 Å². The van der Waals surface area contributed by atoms with E-state index in [1.54, 1.807) is 42.5 Å². The molecule has 0 saturated carbocycles. The molecule has 0 bridgehead atoms. The van der Waals surface area contributed by atoms with Crippen molar-refractivity contribution in [2.24, 2.45) is 0 Å². The number of hydrogen-bond donors (Lipinski definition) is 0. The first-order valence-electron chi connectivity index (χ1n) is 8.23. The molecule has 0 radical (unpaired) electrons. The molecular weight excluding hydrogens is 317 g/mol. The van der Waals surface area contributed by atoms with Crippen LogP contribution in [0.3, 0.4) is 0 Å². The molecule has 1 aromatic heterocycles. The van der Waals surface area contributed by atoms with Crippen molar-refractivity contribution in [2.45, 2.75) is 19.3 Å². The largest absolute Gasteiger partial charge is 0.545 e. The van der Waals surface area contributed by atoms with Crippen molar-refractivity contribution in [3.05, 3.63) is 76.7 Å². The second-order valence-corrected chi connectivity index (χ2v) is 6.16. The number of benzene rings is 2. The summed E-state index contributed by atoms with van der Waals surface area (Å²) in [6.07, 6.45) is 3.94. The van der Waals surface area contributed by atoms with Crippen LogP contribution in [0.1, 0.15) is 40.0 Å². The summed E-state index contributed by atoms with van der Waals surface area (Å²) < 4.78 is 14.0. The summed E-state index contributed by atoms with van der Waals surface area (Å²) in [6, 6.07) is 13.7. The topological polar surface area (TPSA) is 53.0 Å². The maximum atomic E-state index is 14.0. The zero-order valence-corrected chi connectivity index (χ0v) is 13.5. The Morgan fingerprint density at radius 2 is 1.84 bits per heavy atom. The average Bonchev–Trinajstić information content (AvgIpc) is 2.61. The molecule has 2 aromatic carbocycles. The van der Waals surface area contributed by atoms with Gasteiger partial charge in [0, 0.05) is 16.5 Å². The van der Waals surface area contributed by atoms with E-state index in [1.807, 2.05) is 6.07 Å². The van der Waals surface area contributed by atoms with E-state index >= 15 is 0 Å². The molecule has 4 heteroatoms. The number of rotatable bonds is 2. The van der Waals surface area contributed by atoms with Crippen LogP contribution in [0.2, 0.25) is 0 Å². The minimum atomic E-state index is -1.19. The fraction of sp³-hybridized carbons (Fsp3) is 0.143. The van der Waals surface area contributed by atoms with Crippen LogP contribution >= 0.6 is 0 Å². The van der Waals surface area contributed by atoms with Crippen LogP contribution < -0.4 is 5.11 Å². The summed E-state index contributed by atoms with van der Waals surface area (Å²) in [5.41, 5.74) is 3.50. The third kappa shape index (κ3) is 2.70. The number of aromatic carboxylic acids is 1. The number of aromatic nitrogens is 1. The maximum absolute atomic E-state index is 14.0. The van der Waals surface area contributed by atoms with Gasteiger partial charge in [-0.15, -0.1) is 0 Å². The Bertz CT molecular complexity index is 1020. The second kappa shape index (κ2) is 6.13. The summed E-state index contributed by atoms with van der Waals surface area (Å²) in [4.78, 5) is 16.5. The fourth-order valence-electron chi connectivity index (χ4n) is 3.49. The van der Waals surface area contributed by atoms with Crippen molar-refractivity contribution in [3.8, 4) is 0 Å². The van der Waals surface area contributed by atoms with Crippen molar-refractivity contribution in [3.63, 3.8) is 0 Å². The zero-order valence-electron chi connectivity index (χ0n) is 13.5. The smallest absolute Gasteiger partial charge is 0.130 e. The van der Waals surface area contributed by atoms with Crippen LogP contribution in [0, 0.1) is 5.82 Å². The molecule has 0 N–H and O–H groups in total. The van der Waals surface area contributed by atoms with E-state index in [9.17, 15) is 14.3 Å². The highest BCUT2D eigenvalue weighted by Crippen LogP contribution is 2.36. The number of nitrogens with zero attached hydrogens (tertiary/aromatic N) is 1. The molecule has 25 heavy (non-hydrogen) atoms. The van der Waals surface area contributed by atoms with E-state index in [0.717, 1.165) is 18.4 Å². The Morgan fingerprint density at radius 1 is 1.08 bits per heavy atom. The van der Waals surface area contributed by atoms with Gasteiger partial charge in [-0.25, -0.2) is 9.37 Å². The number of fused-ring (bicyclic) bond motifs is 2. The number of carboxylic acids is 1. The monoisotopic (exact) mass is 332 g/mol. The van der Waals surface area contributed by atoms with E-state index in [-0.39, 0.29) is 11.4 Å². The predicted molar refractivity (Wildman–Crippen MR) is 93.3 cm³/mol. The molecule has 0 spiro atoms. The highest BCUT2D eigenvalue weighted by Gasteiger charge is 2.22. The molecule has 0 atom stereocenters. The lowest BCUT2D eigenvalue weighted by Gasteiger charge is -2.23. The Balaban J connectivity index is 1.99. The zero-order chi connectivity index (χ0) is 17.4. The fourth-order valence-corrected chi connectivity index (χ4v) is 3.49. The standard InChI is InChI=1S/C21H16FNO2/c22-17-10-3-1-6-13(17)12-14-7-5-9-16-19(21(24)25)15-8-2-4-11-18(15)23-20(14)16/h1-4,6,8,10-12H,5,7,9H2,(H,24,25)/p-1/b14-12+. The molecule has 1 heterocycles. The number of para-hydroxylation sites is 1. The van der Waals surface area contributed by atoms with Gasteiger partial charge in [0.2, 0.25) is 0 Å². The molecule has 3 aromatic rings. The SMILES string of the molecule is O=C([O-])c1c2c(nc3ccccc13)/C(=C/c1ccccc1F)CCC2. The van der Waals surface area contributed by atoms with Crippen molar-refractivity contribution in [1.82, 2.24) is 4.98 Å². The highest BCUT2D eigenvalue weighted by molar-refractivity contribution is 6.05. The van der Waals surface area contributed by atoms with Gasteiger partial charge in [0.25, 0.3) is 0 Å². The number of halogens is 1. The Kier molecular flexibility index (Phi) is 3.80. The lowest BCUT2D eigenvalue weighted by Crippen LogP contribution is -2.26. The number of carbonyl (C=O) groups is 1. The van der Waals surface area contributed by atoms with Crippen molar-refractivity contribution < 1.29 is 14.3 Å². The van der Waals surface area contributed by atoms with Crippen molar-refractivity contribution in [1.29, 1.82) is 0 Å². The third-order valence-corrected chi connectivity index (χ3v) is 4.61. The first kappa shape index (κ1) is 15.5. The first-order valence-corrected chi connectivity index (χ1v) is 8.23. The summed E-state index contributed by atoms with van der Waals surface area (Å²) in [5, 5.41) is 12.4. The van der Waals surface area contributed by atoms with E-state index in [0.29, 0.717) is 34.1 Å². The molecule has 124 valence electrons. The number of pyridine rings is 1. The van der Waals surface area contributed by atoms with Gasteiger partial charge in [-0.1, -0.05) is 36.4 Å². The van der Waals surface area contributed by atoms with Crippen LogP contribution in [0.4, 0.5) is 4.39 Å². The van der Waals surface area contributed by atoms with E-state index in [2.05, 4.69) is 4.98 Å². The summed E-state index contributed by atoms with van der Waals surface area (Å²) in [7, 11) is 0. The maximum Gasteiger partial charge on any atom is 0.130 e. The number of carbonyl (C=O) groups excluding carboxylic acids is 1. The van der Waals surface area contributed by atoms with Gasteiger partial charge in [0.1, 0.15) is 5.82 Å². The molecule has 0 unspecified atom stereocenters. The lowest BCUT2D eigenvalue weighted by atomic mass is 9.86. The number of allylic oxidation sites excluding steroid dienone is 1. The van der Waals surface area contributed by atoms with Gasteiger partial charge >= 0.3 is 0 Å². The van der Waals surface area contributed by atoms with Crippen molar-refractivity contribution in [2.75, 3.05) is 0 Å². The van der Waals surface area contributed by atoms with Crippen LogP contribution in [-0.4, -0.2) is 11.0 Å². The molecule has 4 rings (SSSR count). The highest BCUT2D eigenvalue weighted by atomic mass is 19.1. The number of carboxylic acid groups (broad SMARTS) is 1. The van der Waals surface area contributed by atoms with Crippen LogP contribution in [0.25, 0.3) is 22.6 Å². The predicted octanol–water partition coefficient (Wildman–Crippen LogP) is 3.61. The first-order chi connectivity index (χ1) is 12.1. The normalized spacial score (nSPS) is 15.3. The quantitative estimate of drug-likeness (QED) is 0.720. The summed E-state index contributed by atoms with van der Waals surface area (Å²) in [6.45, 7) is 0. The molecule has 0 saturated heterocycles. The number of hydrogen-bond acceptors (Lipinski definition) is 3. The van der Waals surface area contributed by atoms with Crippen molar-refractivity contribution >= 4 is 28.5 Å². The van der Waals surface area contributed by atoms with E-state index in [1.165, 1.54) is 6.07 Å². The van der Waals surface area contributed by atoms with Crippen LogP contribution in [0.5, 0.6) is 0 Å². The molecule has 0 amide bonds. The lowest BCUT2D eigenvalue weighted by molar-refractivity contribution is -0.254. The van der Waals surface area contributed by atoms with Crippen LogP contribution in [0.15, 0.2) is 48.5 Å². The molecule has 0 aliphatic heterocycles. The molecular formula is C21H15FNO2-. The minimum absolute atomic E-state index is 0.208. The van der Waals surface area contributed by atoms with Gasteiger partial charge in [-0.05, 0) is 48.6 Å². The molecule has 3 nitrogen and oxygen atoms in total. The molecule has 1 aliphatic rings. The second-order valence-electron chi connectivity index (χ2n) is 6.16. The van der Waals surface area contributed by atoms with Gasteiger partial charge in [-0.2, -0.15) is 0 Å². The van der Waals surface area contributed by atoms with Gasteiger partial charge in [0.05, 0.1) is 17.2 Å². The summed E-state index contributed by atoms with van der Waals surface area (Å²) >= 11 is 0. The minimum Gasteiger partial charge on any atom is -0.545 e. The Hall–Kier alpha value is -3.01. The molecule has 0 fully saturated rings. The van der Waals surface area contributed by atoms with Gasteiger partial charge in [0.15, 0.2) is 0 Å². The van der Waals surface area contributed by atoms with Crippen LogP contribution in [-0.2, 0) is 6.42 Å². The Labute approximate surface area is 144 Å². The average molecular weight is 332 g/mol. The van der Waals surface area contributed by atoms with Gasteiger partial charge < -0.3 is 9.90 Å².